The Labute approximate surface area is 267 Å². The third kappa shape index (κ3) is 17.8. The maximum absolute atomic E-state index is 13.1. The van der Waals surface area contributed by atoms with E-state index >= 15 is 0 Å². The molecule has 44 heavy (non-hydrogen) atoms. The first-order valence-electron chi connectivity index (χ1n) is 14.7. The number of ether oxygens (including phenoxy) is 1. The molecule has 1 heterocycles. The molecule has 0 amide bonds. The molecular formula is C36H49ClF3NO3. The summed E-state index contributed by atoms with van der Waals surface area (Å²) in [5, 5.41) is 11.9. The molecule has 0 aliphatic heterocycles. The highest BCUT2D eigenvalue weighted by atomic mass is 35.5. The standard InChI is InChI=1S/C29H40F3NO3.C7H9Cl/c1-8-10-22(14-13-21(4)27(35)36-28(5,6)7)25(11-9-2)26(34)23-18-20(3)12-15-24(29(30,31)32)16-17-33-19-23;1-6(2)4-5-7(3)8/h10,12-19,21,25-26,34H,8-9,11H2,1-7H3;4-5H,1,3H2,2H3/b14-13-,15-12?,17-16?,20-12?,20-18?,22-10+,23-18?,23-19?,24-15?,24-16?,33-17?,33-19?;5-4-. The number of nitrogens with zero attached hydrogens (tertiary/aromatic N) is 1. The average Bonchev–Trinajstić information content (AvgIpc) is 2.90. The van der Waals surface area contributed by atoms with E-state index in [1.54, 1.807) is 32.1 Å². The second kappa shape index (κ2) is 20.0. The first-order valence-corrected chi connectivity index (χ1v) is 15.0. The second-order valence-corrected chi connectivity index (χ2v) is 12.0. The lowest BCUT2D eigenvalue weighted by Crippen LogP contribution is -2.27. The van der Waals surface area contributed by atoms with Gasteiger partial charge >= 0.3 is 12.1 Å². The van der Waals surface area contributed by atoms with Gasteiger partial charge in [-0.05, 0) is 83.7 Å². The topological polar surface area (TPSA) is 59.4 Å². The molecule has 4 nitrogen and oxygen atoms in total. The van der Waals surface area contributed by atoms with E-state index in [4.69, 9.17) is 16.3 Å². The van der Waals surface area contributed by atoms with Crippen molar-refractivity contribution in [2.75, 3.05) is 0 Å². The maximum Gasteiger partial charge on any atom is 0.416 e. The molecule has 244 valence electrons. The van der Waals surface area contributed by atoms with E-state index in [0.29, 0.717) is 22.6 Å². The minimum atomic E-state index is -4.48. The molecule has 1 aromatic heterocycles. The predicted octanol–water partition coefficient (Wildman–Crippen LogP) is 10.7. The van der Waals surface area contributed by atoms with Crippen LogP contribution in [0.5, 0.6) is 0 Å². The zero-order chi connectivity index (χ0) is 34.1. The van der Waals surface area contributed by atoms with Crippen molar-refractivity contribution in [3.05, 3.63) is 113 Å². The molecule has 8 heteroatoms. The molecule has 3 unspecified atom stereocenters. The van der Waals surface area contributed by atoms with Crippen LogP contribution in [-0.2, 0) is 15.7 Å². The Morgan fingerprint density at radius 2 is 1.75 bits per heavy atom. The first-order chi connectivity index (χ1) is 20.3. The van der Waals surface area contributed by atoms with Gasteiger partial charge in [-0.1, -0.05) is 92.6 Å². The number of alkyl halides is 3. The molecule has 0 bridgehead atoms. The number of hydrogen-bond donors (Lipinski definition) is 1. The van der Waals surface area contributed by atoms with E-state index in [2.05, 4.69) is 18.1 Å². The van der Waals surface area contributed by atoms with Gasteiger partial charge in [0.15, 0.2) is 0 Å². The molecule has 0 fully saturated rings. The maximum atomic E-state index is 13.1. The summed E-state index contributed by atoms with van der Waals surface area (Å²) in [5.74, 6) is -1.10. The monoisotopic (exact) mass is 635 g/mol. The van der Waals surface area contributed by atoms with E-state index in [1.165, 1.54) is 12.3 Å². The predicted molar refractivity (Wildman–Crippen MR) is 176 cm³/mol. The Morgan fingerprint density at radius 3 is 2.23 bits per heavy atom. The summed E-state index contributed by atoms with van der Waals surface area (Å²) < 4.78 is 44.9. The SMILES string of the molecule is C=C(C)/C=C\C(=C)Cl.CC/C=C(\C=C/C(C)C(=O)OC(C)(C)C)C(CCC)C(O)c1cnccc(C(F)(F)F)ccc(C)c1. The summed E-state index contributed by atoms with van der Waals surface area (Å²) in [6.07, 6.45) is 8.42. The molecule has 1 aromatic rings. The number of aromatic nitrogens is 1. The van der Waals surface area contributed by atoms with Crippen LogP contribution in [0.1, 0.15) is 90.5 Å². The molecule has 0 saturated heterocycles. The van der Waals surface area contributed by atoms with Crippen molar-refractivity contribution in [3.8, 4) is 0 Å². The number of aryl methyl sites for hydroxylation is 1. The van der Waals surface area contributed by atoms with Crippen molar-refractivity contribution in [2.24, 2.45) is 11.8 Å². The Morgan fingerprint density at radius 1 is 1.11 bits per heavy atom. The number of rotatable bonds is 11. The summed E-state index contributed by atoms with van der Waals surface area (Å²) in [4.78, 5) is 16.4. The molecule has 0 saturated carbocycles. The quantitative estimate of drug-likeness (QED) is 0.194. The molecular weight excluding hydrogens is 587 g/mol. The van der Waals surface area contributed by atoms with Crippen LogP contribution in [0.25, 0.3) is 0 Å². The number of carbonyl (C=O) groups excluding carboxylic acids is 1. The van der Waals surface area contributed by atoms with E-state index in [-0.39, 0.29) is 11.9 Å². The number of hydrogen-bond acceptors (Lipinski definition) is 4. The summed E-state index contributed by atoms with van der Waals surface area (Å²) in [7, 11) is 0. The molecule has 0 radical (unpaired) electrons. The normalized spacial score (nSPS) is 14.2. The summed E-state index contributed by atoms with van der Waals surface area (Å²) in [5.41, 5.74) is 1.51. The molecule has 0 aromatic carbocycles. The number of allylic oxidation sites excluding steroid dienone is 6. The van der Waals surface area contributed by atoms with Gasteiger partial charge in [-0.25, -0.2) is 0 Å². The largest absolute Gasteiger partial charge is 0.460 e. The zero-order valence-electron chi connectivity index (χ0n) is 27.3. The van der Waals surface area contributed by atoms with Crippen molar-refractivity contribution >= 4 is 17.6 Å². The lowest BCUT2D eigenvalue weighted by atomic mass is 9.84. The van der Waals surface area contributed by atoms with Gasteiger partial charge in [0.25, 0.3) is 0 Å². The highest BCUT2D eigenvalue weighted by molar-refractivity contribution is 6.30. The van der Waals surface area contributed by atoms with Gasteiger partial charge in [0, 0.05) is 23.3 Å². The third-order valence-electron chi connectivity index (χ3n) is 5.91. The van der Waals surface area contributed by atoms with E-state index < -0.39 is 29.4 Å². The fourth-order valence-electron chi connectivity index (χ4n) is 3.82. The van der Waals surface area contributed by atoms with Crippen LogP contribution in [0.3, 0.4) is 0 Å². The summed E-state index contributed by atoms with van der Waals surface area (Å²) in [6, 6.07) is 4.93. The van der Waals surface area contributed by atoms with Crippen molar-refractivity contribution in [1.29, 1.82) is 0 Å². The third-order valence-corrected chi connectivity index (χ3v) is 6.03. The van der Waals surface area contributed by atoms with Crippen molar-refractivity contribution in [2.45, 2.75) is 92.5 Å². The number of halogens is 4. The van der Waals surface area contributed by atoms with Crippen molar-refractivity contribution in [3.63, 3.8) is 0 Å². The minimum absolute atomic E-state index is 0.296. The molecule has 3 atom stereocenters. The van der Waals surface area contributed by atoms with Crippen LogP contribution >= 0.6 is 11.6 Å². The Balaban J connectivity index is 0.00000202. The molecule has 1 rings (SSSR count). The molecule has 0 aliphatic carbocycles. The van der Waals surface area contributed by atoms with Crippen molar-refractivity contribution < 1.29 is 27.8 Å². The van der Waals surface area contributed by atoms with E-state index in [9.17, 15) is 23.1 Å². The van der Waals surface area contributed by atoms with Gasteiger partial charge in [0.2, 0.25) is 0 Å². The van der Waals surface area contributed by atoms with Crippen LogP contribution in [-0.4, -0.2) is 21.7 Å². The smallest absolute Gasteiger partial charge is 0.416 e. The Hall–Kier alpha value is -3.16. The number of esters is 1. The van der Waals surface area contributed by atoms with Crippen LogP contribution in [0.4, 0.5) is 13.2 Å². The van der Waals surface area contributed by atoms with E-state index in [1.807, 2.05) is 59.8 Å². The number of aliphatic hydroxyl groups is 1. The number of carbonyl (C=O) groups is 1. The van der Waals surface area contributed by atoms with Gasteiger partial charge in [-0.3, -0.25) is 9.78 Å². The second-order valence-electron chi connectivity index (χ2n) is 11.5. The lowest BCUT2D eigenvalue weighted by Gasteiger charge is -2.25. The van der Waals surface area contributed by atoms with Gasteiger partial charge in [-0.2, -0.15) is 13.2 Å². The van der Waals surface area contributed by atoms with Gasteiger partial charge in [0.1, 0.15) is 5.60 Å². The van der Waals surface area contributed by atoms with Gasteiger partial charge in [-0.15, -0.1) is 0 Å². The van der Waals surface area contributed by atoms with Crippen LogP contribution in [0.2, 0.25) is 0 Å². The first kappa shape index (κ1) is 40.8. The average molecular weight is 636 g/mol. The number of aliphatic hydroxyl groups excluding tert-OH is 1. The van der Waals surface area contributed by atoms with Crippen molar-refractivity contribution in [1.82, 2.24) is 4.98 Å². The fourth-order valence-corrected chi connectivity index (χ4v) is 3.88. The Kier molecular flexibility index (Phi) is 18.5. The molecule has 0 aliphatic rings. The molecule has 1 N–H and O–H groups in total. The zero-order valence-corrected chi connectivity index (χ0v) is 28.1. The Bertz CT molecular complexity index is 1230. The van der Waals surface area contributed by atoms with Gasteiger partial charge < -0.3 is 9.84 Å². The van der Waals surface area contributed by atoms with Gasteiger partial charge in [0.05, 0.1) is 17.6 Å². The van der Waals surface area contributed by atoms with Crippen LogP contribution < -0.4 is 0 Å². The summed E-state index contributed by atoms with van der Waals surface area (Å²) in [6.45, 7) is 21.9. The van der Waals surface area contributed by atoms with E-state index in [0.717, 1.165) is 42.3 Å². The highest BCUT2D eigenvalue weighted by Gasteiger charge is 2.29. The minimum Gasteiger partial charge on any atom is -0.460 e. The summed E-state index contributed by atoms with van der Waals surface area (Å²) >= 11 is 5.40. The fraction of sp³-hybridized carbons (Fsp3) is 0.444. The molecule has 0 spiro atoms. The van der Waals surface area contributed by atoms with Crippen LogP contribution in [0.15, 0.2) is 96.4 Å². The lowest BCUT2D eigenvalue weighted by molar-refractivity contribution is -0.157. The highest BCUT2D eigenvalue weighted by Crippen LogP contribution is 2.33. The van der Waals surface area contributed by atoms with Crippen LogP contribution in [0, 0.1) is 18.8 Å².